The molecule has 0 saturated carbocycles. The second-order valence-electron chi connectivity index (χ2n) is 6.53. The number of aliphatic carboxylic acids is 1. The topological polar surface area (TPSA) is 57.6 Å². The Bertz CT molecular complexity index is 699. The van der Waals surface area contributed by atoms with Crippen molar-refractivity contribution in [1.29, 1.82) is 0 Å². The minimum Gasteiger partial charge on any atom is -0.480 e. The van der Waals surface area contributed by atoms with Gasteiger partial charge in [-0.3, -0.25) is 14.5 Å². The molecule has 0 bridgehead atoms. The van der Waals surface area contributed by atoms with Crippen LogP contribution in [0.25, 0.3) is 0 Å². The molecule has 2 aromatic carbocycles. The number of rotatable bonds is 11. The van der Waals surface area contributed by atoms with Crippen molar-refractivity contribution >= 4 is 11.8 Å². The molecule has 0 spiro atoms. The van der Waals surface area contributed by atoms with E-state index in [9.17, 15) is 14.7 Å². The first-order valence-electron chi connectivity index (χ1n) is 9.34. The van der Waals surface area contributed by atoms with Crippen molar-refractivity contribution in [3.8, 4) is 0 Å². The number of allylic oxidation sites excluding steroid dienone is 2. The maximum atomic E-state index is 12.0. The molecule has 142 valence electrons. The van der Waals surface area contributed by atoms with Gasteiger partial charge in [0.05, 0.1) is 0 Å². The van der Waals surface area contributed by atoms with Crippen molar-refractivity contribution < 1.29 is 14.7 Å². The summed E-state index contributed by atoms with van der Waals surface area (Å²) in [6.07, 6.45) is 4.82. The Hall–Kier alpha value is -2.72. The van der Waals surface area contributed by atoms with Gasteiger partial charge in [0, 0.05) is 19.5 Å². The summed E-state index contributed by atoms with van der Waals surface area (Å²) in [5.74, 6) is -0.774. The van der Waals surface area contributed by atoms with Gasteiger partial charge in [-0.15, -0.1) is 0 Å². The van der Waals surface area contributed by atoms with E-state index in [0.717, 1.165) is 11.1 Å². The Balaban J connectivity index is 2.14. The molecule has 1 atom stereocenters. The van der Waals surface area contributed by atoms with Crippen LogP contribution >= 0.6 is 0 Å². The van der Waals surface area contributed by atoms with Crippen LogP contribution in [-0.2, 0) is 22.7 Å². The van der Waals surface area contributed by atoms with Crippen molar-refractivity contribution in [2.75, 3.05) is 0 Å². The molecule has 0 amide bonds. The Labute approximate surface area is 161 Å². The Morgan fingerprint density at radius 2 is 1.48 bits per heavy atom. The van der Waals surface area contributed by atoms with Gasteiger partial charge >= 0.3 is 5.97 Å². The molecule has 0 heterocycles. The van der Waals surface area contributed by atoms with Crippen LogP contribution in [-0.4, -0.2) is 27.8 Å². The van der Waals surface area contributed by atoms with Gasteiger partial charge in [-0.05, 0) is 30.0 Å². The summed E-state index contributed by atoms with van der Waals surface area (Å²) in [4.78, 5) is 25.4. The lowest BCUT2D eigenvalue weighted by atomic mass is 10.1. The number of hydrogen-bond acceptors (Lipinski definition) is 3. The monoisotopic (exact) mass is 365 g/mol. The minimum absolute atomic E-state index is 0.0623. The highest BCUT2D eigenvalue weighted by Crippen LogP contribution is 2.17. The lowest BCUT2D eigenvalue weighted by molar-refractivity contribution is -0.144. The molecule has 1 N–H and O–H groups in total. The molecule has 4 heteroatoms. The quantitative estimate of drug-likeness (QED) is 0.598. The summed E-state index contributed by atoms with van der Waals surface area (Å²) >= 11 is 0. The predicted molar refractivity (Wildman–Crippen MR) is 107 cm³/mol. The number of carbonyl (C=O) groups is 2. The Morgan fingerprint density at radius 1 is 0.963 bits per heavy atom. The number of nitrogens with zero attached hydrogens (tertiary/aromatic N) is 1. The molecule has 0 fully saturated rings. The van der Waals surface area contributed by atoms with E-state index in [2.05, 4.69) is 0 Å². The normalized spacial score (nSPS) is 12.4. The second-order valence-corrected chi connectivity index (χ2v) is 6.53. The first-order valence-corrected chi connectivity index (χ1v) is 9.34. The molecule has 0 aliphatic carbocycles. The van der Waals surface area contributed by atoms with Crippen molar-refractivity contribution in [3.05, 3.63) is 83.9 Å². The smallest absolute Gasteiger partial charge is 0.320 e. The van der Waals surface area contributed by atoms with Crippen LogP contribution in [0.5, 0.6) is 0 Å². The zero-order valence-electron chi connectivity index (χ0n) is 15.8. The van der Waals surface area contributed by atoms with Crippen molar-refractivity contribution in [2.24, 2.45) is 0 Å². The third-order valence-corrected chi connectivity index (χ3v) is 4.44. The van der Waals surface area contributed by atoms with Crippen LogP contribution < -0.4 is 0 Å². The first kappa shape index (κ1) is 20.6. The van der Waals surface area contributed by atoms with Gasteiger partial charge in [0.25, 0.3) is 0 Å². The van der Waals surface area contributed by atoms with Crippen LogP contribution in [0.1, 0.15) is 37.3 Å². The molecular formula is C23H27NO3. The molecule has 0 aliphatic rings. The fourth-order valence-corrected chi connectivity index (χ4v) is 2.96. The Morgan fingerprint density at radius 3 is 1.93 bits per heavy atom. The zero-order valence-corrected chi connectivity index (χ0v) is 15.8. The standard InChI is InChI=1S/C23H27NO3/c1-2-21(25)15-9-10-16-22(23(26)27)24(17-19-11-5-3-6-12-19)18-20-13-7-4-8-14-20/h3-9,11-15,22H,2,10,16-18H2,1H3,(H,26,27)/b15-9+. The average Bonchev–Trinajstić information content (AvgIpc) is 2.68. The number of benzene rings is 2. The highest BCUT2D eigenvalue weighted by Gasteiger charge is 2.25. The van der Waals surface area contributed by atoms with Gasteiger partial charge in [0.2, 0.25) is 0 Å². The van der Waals surface area contributed by atoms with Gasteiger partial charge < -0.3 is 5.11 Å². The molecular weight excluding hydrogens is 338 g/mol. The summed E-state index contributed by atoms with van der Waals surface area (Å²) in [6.45, 7) is 2.93. The van der Waals surface area contributed by atoms with Gasteiger partial charge in [-0.1, -0.05) is 73.7 Å². The van der Waals surface area contributed by atoms with Crippen LogP contribution in [0.2, 0.25) is 0 Å². The van der Waals surface area contributed by atoms with E-state index < -0.39 is 12.0 Å². The third-order valence-electron chi connectivity index (χ3n) is 4.44. The average molecular weight is 365 g/mol. The number of carboxylic acid groups (broad SMARTS) is 1. The molecule has 2 rings (SSSR count). The number of hydrogen-bond donors (Lipinski definition) is 1. The molecule has 4 nitrogen and oxygen atoms in total. The van der Waals surface area contributed by atoms with E-state index in [4.69, 9.17) is 0 Å². The van der Waals surface area contributed by atoms with E-state index in [1.165, 1.54) is 0 Å². The van der Waals surface area contributed by atoms with E-state index in [-0.39, 0.29) is 5.78 Å². The lowest BCUT2D eigenvalue weighted by Gasteiger charge is -2.29. The van der Waals surface area contributed by atoms with E-state index >= 15 is 0 Å². The summed E-state index contributed by atoms with van der Waals surface area (Å²) < 4.78 is 0. The maximum absolute atomic E-state index is 12.0. The van der Waals surface area contributed by atoms with E-state index in [1.807, 2.05) is 72.5 Å². The highest BCUT2D eigenvalue weighted by atomic mass is 16.4. The van der Waals surface area contributed by atoms with Gasteiger partial charge in [0.1, 0.15) is 6.04 Å². The van der Waals surface area contributed by atoms with Crippen molar-refractivity contribution in [2.45, 2.75) is 45.3 Å². The summed E-state index contributed by atoms with van der Waals surface area (Å²) in [7, 11) is 0. The Kier molecular flexibility index (Phi) is 8.46. The fraction of sp³-hybridized carbons (Fsp3) is 0.304. The van der Waals surface area contributed by atoms with E-state index in [0.29, 0.717) is 32.4 Å². The largest absolute Gasteiger partial charge is 0.480 e. The summed E-state index contributed by atoms with van der Waals surface area (Å²) in [6, 6.07) is 19.2. The molecule has 0 aromatic heterocycles. The van der Waals surface area contributed by atoms with Gasteiger partial charge in [0.15, 0.2) is 5.78 Å². The van der Waals surface area contributed by atoms with Crippen LogP contribution in [0, 0.1) is 0 Å². The third kappa shape index (κ3) is 7.19. The van der Waals surface area contributed by atoms with Crippen LogP contribution in [0.15, 0.2) is 72.8 Å². The second kappa shape index (κ2) is 11.1. The predicted octanol–water partition coefficient (Wildman–Crippen LogP) is 4.46. The number of carboxylic acids is 1. The molecule has 0 aliphatic heterocycles. The molecule has 0 saturated heterocycles. The zero-order chi connectivity index (χ0) is 19.5. The minimum atomic E-state index is -0.836. The van der Waals surface area contributed by atoms with E-state index in [1.54, 1.807) is 12.2 Å². The summed E-state index contributed by atoms with van der Waals surface area (Å²) in [5, 5.41) is 9.82. The van der Waals surface area contributed by atoms with Crippen molar-refractivity contribution in [1.82, 2.24) is 4.90 Å². The molecule has 0 radical (unpaired) electrons. The number of ketones is 1. The van der Waals surface area contributed by atoms with Gasteiger partial charge in [-0.25, -0.2) is 0 Å². The van der Waals surface area contributed by atoms with Crippen LogP contribution in [0.3, 0.4) is 0 Å². The molecule has 2 aromatic rings. The summed E-state index contributed by atoms with van der Waals surface area (Å²) in [5.41, 5.74) is 2.16. The lowest BCUT2D eigenvalue weighted by Crippen LogP contribution is -2.40. The fourth-order valence-electron chi connectivity index (χ4n) is 2.96. The van der Waals surface area contributed by atoms with Crippen LogP contribution in [0.4, 0.5) is 0 Å². The molecule has 27 heavy (non-hydrogen) atoms. The maximum Gasteiger partial charge on any atom is 0.320 e. The van der Waals surface area contributed by atoms with Crippen molar-refractivity contribution in [3.63, 3.8) is 0 Å². The van der Waals surface area contributed by atoms with Gasteiger partial charge in [-0.2, -0.15) is 0 Å². The SMILES string of the molecule is CCC(=O)/C=C/CCC(C(=O)O)N(Cc1ccccc1)Cc1ccccc1. The first-order chi connectivity index (χ1) is 13.1. The highest BCUT2D eigenvalue weighted by molar-refractivity contribution is 5.89. The number of carbonyl (C=O) groups excluding carboxylic acids is 1. The molecule has 1 unspecified atom stereocenters.